The number of amides is 1. The molecule has 23 heavy (non-hydrogen) atoms. The van der Waals surface area contributed by atoms with Crippen LogP contribution < -0.4 is 0 Å². The SMILES string of the molecule is Cn1c(SCC(=O)N2CCCCCCC2)nnc1-c1ccco1. The summed E-state index contributed by atoms with van der Waals surface area (Å²) < 4.78 is 7.22. The van der Waals surface area contributed by atoms with Gasteiger partial charge in [-0.1, -0.05) is 31.0 Å². The monoisotopic (exact) mass is 334 g/mol. The fraction of sp³-hybridized carbons (Fsp3) is 0.562. The molecule has 1 aliphatic rings. The standard InChI is InChI=1S/C16H22N4O2S/c1-19-15(13-8-7-11-22-13)17-18-16(19)23-12-14(21)20-9-5-3-2-4-6-10-20/h7-8,11H,2-6,9-10,12H2,1H3. The van der Waals surface area contributed by atoms with E-state index in [2.05, 4.69) is 10.2 Å². The number of thioether (sulfide) groups is 1. The van der Waals surface area contributed by atoms with Gasteiger partial charge in [-0.15, -0.1) is 10.2 Å². The molecule has 3 rings (SSSR count). The molecular formula is C16H22N4O2S. The lowest BCUT2D eigenvalue weighted by atomic mass is 10.1. The van der Waals surface area contributed by atoms with Gasteiger partial charge >= 0.3 is 0 Å². The lowest BCUT2D eigenvalue weighted by molar-refractivity contribution is -0.128. The molecule has 0 bridgehead atoms. The van der Waals surface area contributed by atoms with Crippen LogP contribution in [0.1, 0.15) is 32.1 Å². The molecule has 6 nitrogen and oxygen atoms in total. The molecule has 1 saturated heterocycles. The average molecular weight is 334 g/mol. The Morgan fingerprint density at radius 2 is 1.96 bits per heavy atom. The quantitative estimate of drug-likeness (QED) is 0.804. The van der Waals surface area contributed by atoms with Gasteiger partial charge in [0.05, 0.1) is 12.0 Å². The van der Waals surface area contributed by atoms with Gasteiger partial charge in [0.25, 0.3) is 0 Å². The average Bonchev–Trinajstić information content (AvgIpc) is 3.14. The van der Waals surface area contributed by atoms with Crippen molar-refractivity contribution >= 4 is 17.7 Å². The summed E-state index contributed by atoms with van der Waals surface area (Å²) in [5, 5.41) is 9.05. The van der Waals surface area contributed by atoms with Crippen molar-refractivity contribution in [3.63, 3.8) is 0 Å². The molecule has 124 valence electrons. The van der Waals surface area contributed by atoms with Crippen molar-refractivity contribution in [3.8, 4) is 11.6 Å². The van der Waals surface area contributed by atoms with Gasteiger partial charge < -0.3 is 13.9 Å². The predicted molar refractivity (Wildman–Crippen MR) is 89.1 cm³/mol. The molecule has 0 saturated carbocycles. The minimum absolute atomic E-state index is 0.194. The Labute approximate surface area is 140 Å². The molecule has 1 aliphatic heterocycles. The third-order valence-electron chi connectivity index (χ3n) is 4.11. The number of rotatable bonds is 4. The van der Waals surface area contributed by atoms with E-state index in [1.165, 1.54) is 31.0 Å². The second kappa shape index (κ2) is 7.68. The second-order valence-electron chi connectivity index (χ2n) is 5.78. The Balaban J connectivity index is 1.58. The first-order valence-electron chi connectivity index (χ1n) is 8.09. The molecule has 1 fully saturated rings. The summed E-state index contributed by atoms with van der Waals surface area (Å²) in [6.07, 6.45) is 7.60. The van der Waals surface area contributed by atoms with Crippen molar-refractivity contribution in [2.45, 2.75) is 37.3 Å². The molecule has 0 radical (unpaired) electrons. The molecule has 0 unspecified atom stereocenters. The van der Waals surface area contributed by atoms with Crippen LogP contribution in [0.5, 0.6) is 0 Å². The van der Waals surface area contributed by atoms with E-state index in [1.807, 2.05) is 28.6 Å². The van der Waals surface area contributed by atoms with Crippen LogP contribution in [-0.4, -0.2) is 44.4 Å². The highest BCUT2D eigenvalue weighted by Gasteiger charge is 2.18. The molecule has 0 spiro atoms. The maximum absolute atomic E-state index is 12.4. The van der Waals surface area contributed by atoms with Crippen LogP contribution in [0.25, 0.3) is 11.6 Å². The zero-order valence-electron chi connectivity index (χ0n) is 13.4. The highest BCUT2D eigenvalue weighted by atomic mass is 32.2. The molecule has 7 heteroatoms. The van der Waals surface area contributed by atoms with E-state index in [9.17, 15) is 4.79 Å². The molecule has 3 heterocycles. The number of nitrogens with zero attached hydrogens (tertiary/aromatic N) is 4. The molecule has 1 amide bonds. The smallest absolute Gasteiger partial charge is 0.233 e. The molecule has 0 N–H and O–H groups in total. The Morgan fingerprint density at radius 1 is 1.22 bits per heavy atom. The number of hydrogen-bond donors (Lipinski definition) is 0. The molecule has 0 atom stereocenters. The fourth-order valence-electron chi connectivity index (χ4n) is 2.78. The van der Waals surface area contributed by atoms with Gasteiger partial charge in [-0.3, -0.25) is 4.79 Å². The summed E-state index contributed by atoms with van der Waals surface area (Å²) in [7, 11) is 1.89. The zero-order valence-corrected chi connectivity index (χ0v) is 14.2. The minimum Gasteiger partial charge on any atom is -0.461 e. The van der Waals surface area contributed by atoms with Crippen LogP contribution in [0, 0.1) is 0 Å². The van der Waals surface area contributed by atoms with Crippen molar-refractivity contribution in [3.05, 3.63) is 18.4 Å². The van der Waals surface area contributed by atoms with Crippen molar-refractivity contribution in [1.29, 1.82) is 0 Å². The van der Waals surface area contributed by atoms with Gasteiger partial charge in [0.15, 0.2) is 16.7 Å². The first-order valence-corrected chi connectivity index (χ1v) is 9.08. The van der Waals surface area contributed by atoms with E-state index in [0.717, 1.165) is 31.1 Å². The third-order valence-corrected chi connectivity index (χ3v) is 5.11. The summed E-state index contributed by atoms with van der Waals surface area (Å²) in [4.78, 5) is 14.4. The Kier molecular flexibility index (Phi) is 5.38. The van der Waals surface area contributed by atoms with Crippen molar-refractivity contribution in [1.82, 2.24) is 19.7 Å². The molecule has 2 aromatic rings. The van der Waals surface area contributed by atoms with Crippen molar-refractivity contribution in [2.75, 3.05) is 18.8 Å². The van der Waals surface area contributed by atoms with E-state index < -0.39 is 0 Å². The lowest BCUT2D eigenvalue weighted by Crippen LogP contribution is -2.35. The number of carbonyl (C=O) groups is 1. The Morgan fingerprint density at radius 3 is 2.65 bits per heavy atom. The third kappa shape index (κ3) is 3.96. The first-order chi connectivity index (χ1) is 11.3. The second-order valence-corrected chi connectivity index (χ2v) is 6.72. The number of hydrogen-bond acceptors (Lipinski definition) is 5. The van der Waals surface area contributed by atoms with Crippen LogP contribution in [0.3, 0.4) is 0 Å². The summed E-state index contributed by atoms with van der Waals surface area (Å²) in [5.41, 5.74) is 0. The molecule has 0 aliphatic carbocycles. The van der Waals surface area contributed by atoms with Gasteiger partial charge in [0, 0.05) is 20.1 Å². The van der Waals surface area contributed by atoms with Crippen molar-refractivity contribution < 1.29 is 9.21 Å². The van der Waals surface area contributed by atoms with Gasteiger partial charge in [0.1, 0.15) is 0 Å². The summed E-state index contributed by atoms with van der Waals surface area (Å²) in [6.45, 7) is 1.77. The van der Waals surface area contributed by atoms with Gasteiger partial charge in [-0.2, -0.15) is 0 Å². The normalized spacial score (nSPS) is 16.1. The van der Waals surface area contributed by atoms with Gasteiger partial charge in [0.2, 0.25) is 5.91 Å². The molecule has 2 aromatic heterocycles. The molecular weight excluding hydrogens is 312 g/mol. The first kappa shape index (κ1) is 16.1. The van der Waals surface area contributed by atoms with Crippen molar-refractivity contribution in [2.24, 2.45) is 7.05 Å². The maximum Gasteiger partial charge on any atom is 0.233 e. The lowest BCUT2D eigenvalue weighted by Gasteiger charge is -2.24. The van der Waals surface area contributed by atoms with E-state index in [1.54, 1.807) is 6.26 Å². The zero-order chi connectivity index (χ0) is 16.1. The minimum atomic E-state index is 0.194. The van der Waals surface area contributed by atoms with Gasteiger partial charge in [-0.25, -0.2) is 0 Å². The highest BCUT2D eigenvalue weighted by molar-refractivity contribution is 7.99. The topological polar surface area (TPSA) is 64.2 Å². The van der Waals surface area contributed by atoms with Crippen LogP contribution in [0.15, 0.2) is 28.0 Å². The summed E-state index contributed by atoms with van der Waals surface area (Å²) >= 11 is 1.44. The van der Waals surface area contributed by atoms with Crippen LogP contribution in [-0.2, 0) is 11.8 Å². The largest absolute Gasteiger partial charge is 0.461 e. The van der Waals surface area contributed by atoms with Crippen LogP contribution in [0.4, 0.5) is 0 Å². The number of carbonyl (C=O) groups excluding carboxylic acids is 1. The van der Waals surface area contributed by atoms with E-state index in [4.69, 9.17) is 4.42 Å². The summed E-state index contributed by atoms with van der Waals surface area (Å²) in [6, 6.07) is 3.67. The van der Waals surface area contributed by atoms with Crippen LogP contribution in [0.2, 0.25) is 0 Å². The molecule has 0 aromatic carbocycles. The Hall–Kier alpha value is -1.76. The fourth-order valence-corrected chi connectivity index (χ4v) is 3.59. The number of furan rings is 1. The highest BCUT2D eigenvalue weighted by Crippen LogP contribution is 2.23. The maximum atomic E-state index is 12.4. The van der Waals surface area contributed by atoms with Gasteiger partial charge in [-0.05, 0) is 25.0 Å². The van der Waals surface area contributed by atoms with E-state index in [-0.39, 0.29) is 5.91 Å². The van der Waals surface area contributed by atoms with Crippen LogP contribution >= 0.6 is 11.8 Å². The predicted octanol–water partition coefficient (Wildman–Crippen LogP) is 2.96. The number of aromatic nitrogens is 3. The summed E-state index contributed by atoms with van der Waals surface area (Å²) in [5.74, 6) is 1.96. The van der Waals surface area contributed by atoms with E-state index in [0.29, 0.717) is 17.3 Å². The van der Waals surface area contributed by atoms with E-state index >= 15 is 0 Å². The Bertz CT molecular complexity index is 631. The number of likely N-dealkylation sites (tertiary alicyclic amines) is 1.